The Balaban J connectivity index is 1.94. The van der Waals surface area contributed by atoms with Gasteiger partial charge in [-0.1, -0.05) is 29.8 Å². The van der Waals surface area contributed by atoms with Crippen molar-refractivity contribution in [1.29, 1.82) is 0 Å². The smallest absolute Gasteiger partial charge is 0.370 e. The molecule has 1 aromatic heterocycles. The van der Waals surface area contributed by atoms with Gasteiger partial charge in [-0.25, -0.2) is 4.68 Å². The number of anilines is 1. The van der Waals surface area contributed by atoms with E-state index < -0.39 is 11.7 Å². The van der Waals surface area contributed by atoms with Crippen LogP contribution < -0.4 is 5.32 Å². The Kier molecular flexibility index (Phi) is 4.60. The molecule has 7 heteroatoms. The summed E-state index contributed by atoms with van der Waals surface area (Å²) in [5.74, 6) is 0.752. The second-order valence-corrected chi connectivity index (χ2v) is 6.93. The Labute approximate surface area is 159 Å². The molecule has 2 aromatic carbocycles. The van der Waals surface area contributed by atoms with E-state index in [1.165, 1.54) is 12.1 Å². The predicted octanol–water partition coefficient (Wildman–Crippen LogP) is 5.96. The number of alkyl halides is 3. The highest BCUT2D eigenvalue weighted by atomic mass is 35.5. The van der Waals surface area contributed by atoms with E-state index in [0.717, 1.165) is 42.5 Å². The maximum absolute atomic E-state index is 13.6. The van der Waals surface area contributed by atoms with Crippen LogP contribution in [0.5, 0.6) is 0 Å². The maximum atomic E-state index is 13.6. The van der Waals surface area contributed by atoms with Crippen molar-refractivity contribution in [3.8, 4) is 16.9 Å². The molecular weight excluding hydrogens is 375 g/mol. The molecular formula is C20H17ClF3N3. The lowest BCUT2D eigenvalue weighted by molar-refractivity contribution is -0.137. The zero-order chi connectivity index (χ0) is 19.0. The van der Waals surface area contributed by atoms with Gasteiger partial charge in [0, 0.05) is 22.7 Å². The average molecular weight is 392 g/mol. The van der Waals surface area contributed by atoms with Crippen molar-refractivity contribution in [3.63, 3.8) is 0 Å². The van der Waals surface area contributed by atoms with E-state index in [9.17, 15) is 13.2 Å². The molecule has 0 radical (unpaired) electrons. The topological polar surface area (TPSA) is 29.9 Å². The molecule has 0 unspecified atom stereocenters. The van der Waals surface area contributed by atoms with Crippen LogP contribution in [-0.4, -0.2) is 16.3 Å². The number of rotatable bonds is 2. The van der Waals surface area contributed by atoms with Crippen molar-refractivity contribution in [1.82, 2.24) is 9.78 Å². The van der Waals surface area contributed by atoms with Crippen molar-refractivity contribution in [3.05, 3.63) is 64.7 Å². The third-order valence-electron chi connectivity index (χ3n) is 4.69. The molecule has 1 aliphatic heterocycles. The number of hydrogen-bond donors (Lipinski definition) is 1. The summed E-state index contributed by atoms with van der Waals surface area (Å²) in [6.07, 6.45) is -1.91. The number of fused-ring (bicyclic) bond motifs is 1. The summed E-state index contributed by atoms with van der Waals surface area (Å²) in [6.45, 7) is 0.757. The van der Waals surface area contributed by atoms with Crippen molar-refractivity contribution in [2.24, 2.45) is 0 Å². The Morgan fingerprint density at radius 1 is 1.00 bits per heavy atom. The van der Waals surface area contributed by atoms with Crippen LogP contribution in [0.2, 0.25) is 5.02 Å². The van der Waals surface area contributed by atoms with Crippen LogP contribution in [-0.2, 0) is 12.6 Å². The zero-order valence-electron chi connectivity index (χ0n) is 14.4. The summed E-state index contributed by atoms with van der Waals surface area (Å²) >= 11 is 5.97. The number of benzene rings is 2. The first-order valence-corrected chi connectivity index (χ1v) is 9.11. The van der Waals surface area contributed by atoms with E-state index in [-0.39, 0.29) is 5.56 Å². The van der Waals surface area contributed by atoms with Crippen LogP contribution in [0.15, 0.2) is 48.5 Å². The van der Waals surface area contributed by atoms with Gasteiger partial charge >= 0.3 is 6.18 Å². The van der Waals surface area contributed by atoms with Gasteiger partial charge in [0.15, 0.2) is 0 Å². The molecule has 1 N–H and O–H groups in total. The van der Waals surface area contributed by atoms with E-state index in [1.807, 2.05) is 12.1 Å². The van der Waals surface area contributed by atoms with Crippen LogP contribution in [0.25, 0.3) is 16.9 Å². The molecule has 0 bridgehead atoms. The number of hydrogen-bond acceptors (Lipinski definition) is 2. The minimum absolute atomic E-state index is 0.109. The van der Waals surface area contributed by atoms with Gasteiger partial charge in [0.2, 0.25) is 0 Å². The summed E-state index contributed by atoms with van der Waals surface area (Å²) in [5, 5.41) is 8.52. The van der Waals surface area contributed by atoms with Gasteiger partial charge in [-0.3, -0.25) is 0 Å². The molecule has 0 saturated heterocycles. The Bertz CT molecular complexity index is 962. The first-order chi connectivity index (χ1) is 12.9. The monoisotopic (exact) mass is 391 g/mol. The summed E-state index contributed by atoms with van der Waals surface area (Å²) in [5.41, 5.74) is 1.39. The van der Waals surface area contributed by atoms with Crippen LogP contribution in [0, 0.1) is 0 Å². The molecule has 3 aromatic rings. The summed E-state index contributed by atoms with van der Waals surface area (Å²) in [4.78, 5) is 0. The Morgan fingerprint density at radius 2 is 1.74 bits per heavy atom. The van der Waals surface area contributed by atoms with Gasteiger partial charge in [0.05, 0.1) is 16.9 Å². The lowest BCUT2D eigenvalue weighted by atomic mass is 9.99. The summed E-state index contributed by atoms with van der Waals surface area (Å²) in [7, 11) is 0. The Morgan fingerprint density at radius 3 is 2.48 bits per heavy atom. The Hall–Kier alpha value is -2.47. The van der Waals surface area contributed by atoms with Crippen molar-refractivity contribution in [2.75, 3.05) is 11.9 Å². The second-order valence-electron chi connectivity index (χ2n) is 6.49. The highest BCUT2D eigenvalue weighted by molar-refractivity contribution is 6.30. The largest absolute Gasteiger partial charge is 0.417 e. The van der Waals surface area contributed by atoms with E-state index in [0.29, 0.717) is 17.1 Å². The first-order valence-electron chi connectivity index (χ1n) is 8.73. The zero-order valence-corrected chi connectivity index (χ0v) is 15.1. The number of aromatic nitrogens is 2. The molecule has 140 valence electrons. The number of nitrogens with zero attached hydrogens (tertiary/aromatic N) is 2. The molecule has 0 spiro atoms. The van der Waals surface area contributed by atoms with E-state index >= 15 is 0 Å². The highest BCUT2D eigenvalue weighted by Crippen LogP contribution is 2.40. The lowest BCUT2D eigenvalue weighted by Gasteiger charge is -2.12. The fourth-order valence-electron chi connectivity index (χ4n) is 3.42. The molecule has 2 heterocycles. The molecule has 0 saturated carbocycles. The normalized spacial score (nSPS) is 14.4. The van der Waals surface area contributed by atoms with Gasteiger partial charge in [0.1, 0.15) is 5.82 Å². The molecule has 0 amide bonds. The fourth-order valence-corrected chi connectivity index (χ4v) is 3.55. The molecule has 0 fully saturated rings. The van der Waals surface area contributed by atoms with E-state index in [2.05, 4.69) is 10.4 Å². The van der Waals surface area contributed by atoms with Crippen molar-refractivity contribution >= 4 is 17.4 Å². The number of nitrogens with one attached hydrogen (secondary N) is 1. The second kappa shape index (κ2) is 6.93. The van der Waals surface area contributed by atoms with Crippen LogP contribution in [0.4, 0.5) is 19.0 Å². The molecule has 3 nitrogen and oxygen atoms in total. The van der Waals surface area contributed by atoms with Crippen LogP contribution in [0.3, 0.4) is 0 Å². The third kappa shape index (κ3) is 3.41. The van der Waals surface area contributed by atoms with E-state index in [4.69, 9.17) is 11.6 Å². The number of halogens is 4. The van der Waals surface area contributed by atoms with Gasteiger partial charge < -0.3 is 5.32 Å². The van der Waals surface area contributed by atoms with E-state index in [1.54, 1.807) is 22.9 Å². The van der Waals surface area contributed by atoms with Crippen LogP contribution in [0.1, 0.15) is 24.0 Å². The van der Waals surface area contributed by atoms with Gasteiger partial charge in [0.25, 0.3) is 0 Å². The molecule has 1 aliphatic rings. The van der Waals surface area contributed by atoms with Gasteiger partial charge in [-0.15, -0.1) is 0 Å². The highest BCUT2D eigenvalue weighted by Gasteiger charge is 2.35. The average Bonchev–Trinajstić information content (AvgIpc) is 2.83. The van der Waals surface area contributed by atoms with Crippen molar-refractivity contribution in [2.45, 2.75) is 25.4 Å². The first kappa shape index (κ1) is 17.9. The summed E-state index contributed by atoms with van der Waals surface area (Å²) in [6, 6.07) is 12.7. The SMILES string of the molecule is FC(F)(F)c1ccccc1-c1nn(-c2ccc(Cl)cc2)c2c1CCCCN2. The minimum Gasteiger partial charge on any atom is -0.370 e. The lowest BCUT2D eigenvalue weighted by Crippen LogP contribution is -2.08. The minimum atomic E-state index is -4.44. The third-order valence-corrected chi connectivity index (χ3v) is 4.94. The standard InChI is InChI=1S/C20H17ClF3N3/c21-13-8-10-14(11-9-13)27-19-16(6-3-4-12-25-19)18(26-27)15-5-1-2-7-17(15)20(22,23)24/h1-2,5,7-11,25H,3-4,6,12H2. The molecule has 4 rings (SSSR count). The maximum Gasteiger partial charge on any atom is 0.417 e. The van der Waals surface area contributed by atoms with Crippen molar-refractivity contribution < 1.29 is 13.2 Å². The fraction of sp³-hybridized carbons (Fsp3) is 0.250. The van der Waals surface area contributed by atoms with Gasteiger partial charge in [-0.05, 0) is 49.6 Å². The molecule has 27 heavy (non-hydrogen) atoms. The summed E-state index contributed by atoms with van der Waals surface area (Å²) < 4.78 is 42.3. The molecule has 0 aliphatic carbocycles. The quantitative estimate of drug-likeness (QED) is 0.584. The molecule has 0 atom stereocenters. The predicted molar refractivity (Wildman–Crippen MR) is 100 cm³/mol. The van der Waals surface area contributed by atoms with Crippen LogP contribution >= 0.6 is 11.6 Å². The van der Waals surface area contributed by atoms with Gasteiger partial charge in [-0.2, -0.15) is 18.3 Å².